The average molecular weight is 388 g/mol. The second-order valence-electron chi connectivity index (χ2n) is 4.74. The van der Waals surface area contributed by atoms with Crippen LogP contribution in [0, 0.1) is 0 Å². The van der Waals surface area contributed by atoms with Crippen molar-refractivity contribution in [3.05, 3.63) is 32.5 Å². The summed E-state index contributed by atoms with van der Waals surface area (Å²) in [6.45, 7) is 0.267. The summed E-state index contributed by atoms with van der Waals surface area (Å²) in [4.78, 5) is 17.0. The number of thioether (sulfide) groups is 1. The van der Waals surface area contributed by atoms with Crippen LogP contribution in [0.1, 0.15) is 40.1 Å². The lowest BCUT2D eigenvalue weighted by Crippen LogP contribution is -2.22. The summed E-state index contributed by atoms with van der Waals surface area (Å²) in [6.07, 6.45) is 2.19. The van der Waals surface area contributed by atoms with E-state index in [-0.39, 0.29) is 12.5 Å². The van der Waals surface area contributed by atoms with Gasteiger partial charge in [-0.05, 0) is 46.3 Å². The minimum atomic E-state index is -0.125. The van der Waals surface area contributed by atoms with E-state index < -0.39 is 0 Å². The molecule has 5 nitrogen and oxygen atoms in total. The van der Waals surface area contributed by atoms with Gasteiger partial charge in [-0.2, -0.15) is 16.7 Å². The van der Waals surface area contributed by atoms with Crippen LogP contribution in [0.25, 0.3) is 0 Å². The SMILES string of the molecule is O=C(NCc1nc(C2CCSCC2)no1)c1cc(Br)cs1. The maximum absolute atomic E-state index is 11.9. The van der Waals surface area contributed by atoms with Gasteiger partial charge in [-0.25, -0.2) is 0 Å². The molecule has 0 aromatic carbocycles. The van der Waals surface area contributed by atoms with E-state index in [1.165, 1.54) is 11.3 Å². The van der Waals surface area contributed by atoms with Gasteiger partial charge in [-0.3, -0.25) is 4.79 Å². The Kier molecular flexibility index (Phi) is 4.97. The van der Waals surface area contributed by atoms with Gasteiger partial charge in [0.15, 0.2) is 5.82 Å². The fraction of sp³-hybridized carbons (Fsp3) is 0.462. The summed E-state index contributed by atoms with van der Waals surface area (Å²) in [5.41, 5.74) is 0. The number of carbonyl (C=O) groups excluding carboxylic acids is 1. The minimum Gasteiger partial charge on any atom is -0.342 e. The molecule has 0 unspecified atom stereocenters. The standard InChI is InChI=1S/C13H14BrN3O2S2/c14-9-5-10(21-7-9)13(18)15-6-11-16-12(17-19-11)8-1-3-20-4-2-8/h5,7-8H,1-4,6H2,(H,15,18). The van der Waals surface area contributed by atoms with Crippen LogP contribution in [0.5, 0.6) is 0 Å². The van der Waals surface area contributed by atoms with E-state index in [1.807, 2.05) is 17.1 Å². The summed E-state index contributed by atoms with van der Waals surface area (Å²) in [6, 6.07) is 1.79. The summed E-state index contributed by atoms with van der Waals surface area (Å²) < 4.78 is 6.13. The quantitative estimate of drug-likeness (QED) is 0.869. The van der Waals surface area contributed by atoms with Crippen LogP contribution >= 0.6 is 39.0 Å². The van der Waals surface area contributed by atoms with Gasteiger partial charge in [-0.1, -0.05) is 5.16 Å². The first-order valence-electron chi connectivity index (χ1n) is 6.65. The highest BCUT2D eigenvalue weighted by Crippen LogP contribution is 2.29. The van der Waals surface area contributed by atoms with Crippen LogP contribution in [-0.2, 0) is 6.54 Å². The van der Waals surface area contributed by atoms with Gasteiger partial charge in [0.25, 0.3) is 5.91 Å². The van der Waals surface area contributed by atoms with Crippen LogP contribution in [0.4, 0.5) is 0 Å². The van der Waals surface area contributed by atoms with Crippen molar-refractivity contribution in [1.82, 2.24) is 15.5 Å². The van der Waals surface area contributed by atoms with E-state index in [0.717, 1.165) is 34.6 Å². The Morgan fingerprint density at radius 2 is 2.29 bits per heavy atom. The van der Waals surface area contributed by atoms with Crippen LogP contribution < -0.4 is 5.32 Å². The lowest BCUT2D eigenvalue weighted by molar-refractivity contribution is 0.0950. The molecule has 0 spiro atoms. The molecule has 3 rings (SSSR count). The monoisotopic (exact) mass is 387 g/mol. The highest BCUT2D eigenvalue weighted by Gasteiger charge is 2.21. The molecule has 2 aromatic heterocycles. The molecule has 8 heteroatoms. The first-order chi connectivity index (χ1) is 10.2. The molecule has 0 bridgehead atoms. The average Bonchev–Trinajstić information content (AvgIpc) is 3.15. The van der Waals surface area contributed by atoms with Crippen LogP contribution in [0.15, 0.2) is 20.4 Å². The second kappa shape index (κ2) is 6.93. The molecule has 1 N–H and O–H groups in total. The Morgan fingerprint density at radius 3 is 3.00 bits per heavy atom. The summed E-state index contributed by atoms with van der Waals surface area (Å²) in [5.74, 6) is 3.81. The topological polar surface area (TPSA) is 68.0 Å². The summed E-state index contributed by atoms with van der Waals surface area (Å²) >= 11 is 6.69. The van der Waals surface area contributed by atoms with Gasteiger partial charge in [0.2, 0.25) is 5.89 Å². The first kappa shape index (κ1) is 15.1. The van der Waals surface area contributed by atoms with E-state index in [1.54, 1.807) is 6.07 Å². The Hall–Kier alpha value is -0.860. The molecule has 1 aliphatic rings. The van der Waals surface area contributed by atoms with E-state index in [4.69, 9.17) is 4.52 Å². The molecular weight excluding hydrogens is 374 g/mol. The Morgan fingerprint density at radius 1 is 1.48 bits per heavy atom. The van der Waals surface area contributed by atoms with Gasteiger partial charge < -0.3 is 9.84 Å². The van der Waals surface area contributed by atoms with Crippen LogP contribution in [-0.4, -0.2) is 27.6 Å². The normalized spacial score (nSPS) is 16.0. The largest absolute Gasteiger partial charge is 0.342 e. The molecule has 0 radical (unpaired) electrons. The molecule has 1 saturated heterocycles. The zero-order valence-electron chi connectivity index (χ0n) is 11.2. The Bertz CT molecular complexity index is 622. The third kappa shape index (κ3) is 3.87. The lowest BCUT2D eigenvalue weighted by atomic mass is 10.0. The summed E-state index contributed by atoms with van der Waals surface area (Å²) in [7, 11) is 0. The third-order valence-corrected chi connectivity index (χ3v) is 6.00. The number of hydrogen-bond donors (Lipinski definition) is 1. The molecule has 3 heterocycles. The molecule has 1 aliphatic heterocycles. The van der Waals surface area contributed by atoms with Gasteiger partial charge in [-0.15, -0.1) is 11.3 Å². The molecule has 21 heavy (non-hydrogen) atoms. The van der Waals surface area contributed by atoms with Crippen molar-refractivity contribution in [2.45, 2.75) is 25.3 Å². The number of carbonyl (C=O) groups is 1. The molecule has 1 fully saturated rings. The molecule has 1 amide bonds. The zero-order valence-corrected chi connectivity index (χ0v) is 14.4. The first-order valence-corrected chi connectivity index (χ1v) is 9.47. The van der Waals surface area contributed by atoms with Gasteiger partial charge in [0.05, 0.1) is 11.4 Å². The maximum Gasteiger partial charge on any atom is 0.261 e. The molecule has 0 saturated carbocycles. The highest BCUT2D eigenvalue weighted by atomic mass is 79.9. The number of amides is 1. The van der Waals surface area contributed by atoms with E-state index in [9.17, 15) is 4.79 Å². The smallest absolute Gasteiger partial charge is 0.261 e. The van der Waals surface area contributed by atoms with Crippen molar-refractivity contribution in [3.8, 4) is 0 Å². The fourth-order valence-electron chi connectivity index (χ4n) is 2.14. The Balaban J connectivity index is 1.56. The summed E-state index contributed by atoms with van der Waals surface area (Å²) in [5, 5.41) is 8.71. The molecule has 2 aromatic rings. The van der Waals surface area contributed by atoms with Crippen molar-refractivity contribution >= 4 is 44.9 Å². The van der Waals surface area contributed by atoms with Gasteiger partial charge in [0, 0.05) is 15.8 Å². The number of nitrogens with zero attached hydrogens (tertiary/aromatic N) is 2. The van der Waals surface area contributed by atoms with E-state index in [2.05, 4.69) is 31.4 Å². The number of halogens is 1. The second-order valence-corrected chi connectivity index (χ2v) is 7.80. The van der Waals surface area contributed by atoms with Crippen molar-refractivity contribution in [2.75, 3.05) is 11.5 Å². The molecular formula is C13H14BrN3O2S2. The van der Waals surface area contributed by atoms with E-state index >= 15 is 0 Å². The van der Waals surface area contributed by atoms with Crippen molar-refractivity contribution in [2.24, 2.45) is 0 Å². The van der Waals surface area contributed by atoms with Gasteiger partial charge in [0.1, 0.15) is 0 Å². The lowest BCUT2D eigenvalue weighted by Gasteiger charge is -2.17. The van der Waals surface area contributed by atoms with Crippen LogP contribution in [0.3, 0.4) is 0 Å². The molecule has 0 atom stereocenters. The Labute approximate surface area is 139 Å². The molecule has 0 aliphatic carbocycles. The predicted molar refractivity (Wildman–Crippen MR) is 86.8 cm³/mol. The zero-order chi connectivity index (χ0) is 14.7. The van der Waals surface area contributed by atoms with Gasteiger partial charge >= 0.3 is 0 Å². The van der Waals surface area contributed by atoms with Crippen molar-refractivity contribution in [3.63, 3.8) is 0 Å². The minimum absolute atomic E-state index is 0.125. The van der Waals surface area contributed by atoms with Crippen molar-refractivity contribution < 1.29 is 9.32 Å². The van der Waals surface area contributed by atoms with E-state index in [0.29, 0.717) is 16.7 Å². The van der Waals surface area contributed by atoms with Crippen LogP contribution in [0.2, 0.25) is 0 Å². The fourth-order valence-corrected chi connectivity index (χ4v) is 4.59. The number of thiophene rings is 1. The number of nitrogens with one attached hydrogen (secondary N) is 1. The van der Waals surface area contributed by atoms with Crippen molar-refractivity contribution in [1.29, 1.82) is 0 Å². The highest BCUT2D eigenvalue weighted by molar-refractivity contribution is 9.10. The third-order valence-electron chi connectivity index (χ3n) is 3.26. The predicted octanol–water partition coefficient (Wildman–Crippen LogP) is 3.43. The number of aromatic nitrogens is 2. The number of rotatable bonds is 4. The number of hydrogen-bond acceptors (Lipinski definition) is 6. The molecule has 112 valence electrons. The maximum atomic E-state index is 11.9.